The van der Waals surface area contributed by atoms with Gasteiger partial charge < -0.3 is 45.5 Å². The highest BCUT2D eigenvalue weighted by molar-refractivity contribution is 5.94. The Balaban J connectivity index is 1.18. The summed E-state index contributed by atoms with van der Waals surface area (Å²) in [6.07, 6.45) is 3.43. The molecule has 0 aliphatic carbocycles. The van der Waals surface area contributed by atoms with E-state index in [0.717, 1.165) is 5.56 Å². The number of pyridine rings is 1. The monoisotopic (exact) mass is 728 g/mol. The van der Waals surface area contributed by atoms with E-state index in [1.807, 2.05) is 30.3 Å². The zero-order chi connectivity index (χ0) is 37.2. The summed E-state index contributed by atoms with van der Waals surface area (Å²) in [6, 6.07) is 19.7. The van der Waals surface area contributed by atoms with Crippen LogP contribution in [0.1, 0.15) is 26.3 Å². The zero-order valence-corrected chi connectivity index (χ0v) is 29.3. The van der Waals surface area contributed by atoms with Gasteiger partial charge in [-0.05, 0) is 59.6 Å². The van der Waals surface area contributed by atoms with E-state index >= 15 is 0 Å². The van der Waals surface area contributed by atoms with Gasteiger partial charge in [-0.25, -0.2) is 0 Å². The molecule has 0 radical (unpaired) electrons. The molecule has 0 spiro atoms. The first kappa shape index (κ1) is 39.9. The highest BCUT2D eigenvalue weighted by Gasteiger charge is 2.10. The molecule has 280 valence electrons. The normalized spacial score (nSPS) is 10.6. The van der Waals surface area contributed by atoms with Crippen molar-refractivity contribution in [1.29, 1.82) is 0 Å². The fourth-order valence-electron chi connectivity index (χ4n) is 4.40. The number of hydrogen-bond acceptors (Lipinski definition) is 14. The molecule has 0 saturated carbocycles. The van der Waals surface area contributed by atoms with Gasteiger partial charge in [0.05, 0.1) is 52.9 Å². The number of aromatic nitrogens is 4. The second-order valence-corrected chi connectivity index (χ2v) is 10.9. The van der Waals surface area contributed by atoms with Crippen molar-refractivity contribution >= 4 is 35.3 Å². The minimum absolute atomic E-state index is 0.138. The lowest BCUT2D eigenvalue weighted by Gasteiger charge is -2.12. The minimum atomic E-state index is -0.235. The quantitative estimate of drug-likeness (QED) is 0.0270. The summed E-state index contributed by atoms with van der Waals surface area (Å²) in [6.45, 7) is 4.85. The number of anilines is 4. The summed E-state index contributed by atoms with van der Waals surface area (Å²) in [5.74, 6) is 0.618. The van der Waals surface area contributed by atoms with Crippen LogP contribution in [0.3, 0.4) is 0 Å². The van der Waals surface area contributed by atoms with Crippen molar-refractivity contribution in [2.75, 3.05) is 95.0 Å². The number of carbonyl (C=O) groups excluding carboxylic acids is 2. The molecule has 0 aliphatic heterocycles. The van der Waals surface area contributed by atoms with Gasteiger partial charge in [-0.2, -0.15) is 15.0 Å². The van der Waals surface area contributed by atoms with Gasteiger partial charge in [0, 0.05) is 66.8 Å². The number of carbonyl (C=O) groups is 2. The standard InChI is InChI=1S/C35H44N12O6/c36-47-42-17-21-53-25-24-51-19-15-39-32(49)29-6-8-30(9-7-29)43-35-45-33(44-34(46-35)41-26-27-10-12-37-13-11-27)40-16-20-52-23-22-50-18-14-38-31(48)28-4-2-1-3-5-28/h1-13H,14-26H2,(H,38,48)(H,39,49)(H3,40,41,43,44,45,46). The number of benzene rings is 2. The van der Waals surface area contributed by atoms with E-state index in [4.69, 9.17) is 24.5 Å². The summed E-state index contributed by atoms with van der Waals surface area (Å²) >= 11 is 0. The van der Waals surface area contributed by atoms with Crippen LogP contribution in [0.4, 0.5) is 23.5 Å². The van der Waals surface area contributed by atoms with Crippen LogP contribution in [0.5, 0.6) is 0 Å². The van der Waals surface area contributed by atoms with Crippen LogP contribution >= 0.6 is 0 Å². The Hall–Kier alpha value is -5.91. The fraction of sp³-hybridized carbons (Fsp3) is 0.371. The summed E-state index contributed by atoms with van der Waals surface area (Å²) in [5, 5.41) is 18.6. The molecule has 18 nitrogen and oxygen atoms in total. The van der Waals surface area contributed by atoms with E-state index in [2.05, 4.69) is 56.5 Å². The lowest BCUT2D eigenvalue weighted by Crippen LogP contribution is -2.27. The average molecular weight is 729 g/mol. The molecule has 2 aromatic heterocycles. The van der Waals surface area contributed by atoms with Gasteiger partial charge in [-0.1, -0.05) is 23.3 Å². The molecule has 4 rings (SSSR count). The van der Waals surface area contributed by atoms with Gasteiger partial charge in [0.1, 0.15) is 0 Å². The van der Waals surface area contributed by atoms with Gasteiger partial charge in [-0.3, -0.25) is 14.6 Å². The molecule has 2 heterocycles. The SMILES string of the molecule is [N-]=[N+]=NCCOCCOCCNC(=O)c1ccc(Nc2nc(NCCOCCOCCNC(=O)c3ccccc3)nc(NCc3ccncc3)n2)cc1. The van der Waals surface area contributed by atoms with Crippen molar-refractivity contribution in [3.05, 3.63) is 106 Å². The summed E-state index contributed by atoms with van der Waals surface area (Å²) in [7, 11) is 0. The number of nitrogens with zero attached hydrogens (tertiary/aromatic N) is 7. The molecule has 0 atom stereocenters. The van der Waals surface area contributed by atoms with E-state index in [1.54, 1.807) is 48.8 Å². The highest BCUT2D eigenvalue weighted by Crippen LogP contribution is 2.17. The number of amides is 2. The van der Waals surface area contributed by atoms with E-state index in [9.17, 15) is 9.59 Å². The molecule has 0 bridgehead atoms. The summed E-state index contributed by atoms with van der Waals surface area (Å²) in [4.78, 5) is 44.9. The maximum atomic E-state index is 12.6. The van der Waals surface area contributed by atoms with Gasteiger partial charge in [-0.15, -0.1) is 0 Å². The lowest BCUT2D eigenvalue weighted by molar-refractivity contribution is 0.0511. The highest BCUT2D eigenvalue weighted by atomic mass is 16.5. The van der Waals surface area contributed by atoms with Gasteiger partial charge >= 0.3 is 0 Å². The largest absolute Gasteiger partial charge is 0.379 e. The molecule has 5 N–H and O–H groups in total. The molecule has 0 unspecified atom stereocenters. The molecule has 2 amide bonds. The molecule has 53 heavy (non-hydrogen) atoms. The average Bonchev–Trinajstić information content (AvgIpc) is 3.19. The second kappa shape index (κ2) is 24.3. The Kier molecular flexibility index (Phi) is 18.3. The molecule has 0 fully saturated rings. The van der Waals surface area contributed by atoms with Crippen molar-refractivity contribution in [3.8, 4) is 0 Å². The third-order valence-electron chi connectivity index (χ3n) is 7.01. The topological polar surface area (TPSA) is 232 Å². The van der Waals surface area contributed by atoms with Crippen molar-refractivity contribution in [2.24, 2.45) is 5.11 Å². The fourth-order valence-corrected chi connectivity index (χ4v) is 4.40. The molecule has 4 aromatic rings. The van der Waals surface area contributed by atoms with Crippen LogP contribution < -0.4 is 26.6 Å². The van der Waals surface area contributed by atoms with E-state index in [0.29, 0.717) is 114 Å². The Morgan fingerprint density at radius 3 is 1.79 bits per heavy atom. The maximum absolute atomic E-state index is 12.6. The van der Waals surface area contributed by atoms with Crippen LogP contribution in [-0.4, -0.2) is 111 Å². The molecular formula is C35H44N12O6. The van der Waals surface area contributed by atoms with Crippen molar-refractivity contribution in [1.82, 2.24) is 30.6 Å². The smallest absolute Gasteiger partial charge is 0.251 e. The number of azide groups is 1. The Bertz CT molecular complexity index is 1700. The first-order valence-electron chi connectivity index (χ1n) is 17.0. The summed E-state index contributed by atoms with van der Waals surface area (Å²) < 4.78 is 21.9. The van der Waals surface area contributed by atoms with Crippen LogP contribution in [0, 0.1) is 0 Å². The molecule has 2 aromatic carbocycles. The third kappa shape index (κ3) is 16.3. The van der Waals surface area contributed by atoms with E-state index in [-0.39, 0.29) is 18.4 Å². The second-order valence-electron chi connectivity index (χ2n) is 10.9. The van der Waals surface area contributed by atoms with Crippen LogP contribution in [-0.2, 0) is 25.5 Å². The number of ether oxygens (including phenoxy) is 4. The number of nitrogens with one attached hydrogen (secondary N) is 5. The Morgan fingerprint density at radius 1 is 0.623 bits per heavy atom. The van der Waals surface area contributed by atoms with Gasteiger partial charge in [0.2, 0.25) is 17.8 Å². The third-order valence-corrected chi connectivity index (χ3v) is 7.01. The first-order chi connectivity index (χ1) is 26.1. The Morgan fingerprint density at radius 2 is 1.17 bits per heavy atom. The predicted molar refractivity (Wildman–Crippen MR) is 198 cm³/mol. The van der Waals surface area contributed by atoms with Gasteiger partial charge in [0.25, 0.3) is 11.8 Å². The van der Waals surface area contributed by atoms with Crippen molar-refractivity contribution in [2.45, 2.75) is 6.54 Å². The first-order valence-corrected chi connectivity index (χ1v) is 17.0. The number of rotatable bonds is 26. The molecule has 0 aliphatic rings. The Labute approximate surface area is 307 Å². The van der Waals surface area contributed by atoms with E-state index in [1.165, 1.54) is 0 Å². The molecule has 0 saturated heterocycles. The molecule has 18 heteroatoms. The van der Waals surface area contributed by atoms with Crippen molar-refractivity contribution in [3.63, 3.8) is 0 Å². The van der Waals surface area contributed by atoms with Crippen molar-refractivity contribution < 1.29 is 28.5 Å². The lowest BCUT2D eigenvalue weighted by atomic mass is 10.2. The van der Waals surface area contributed by atoms with E-state index < -0.39 is 0 Å². The molecular weight excluding hydrogens is 684 g/mol. The predicted octanol–water partition coefficient (Wildman–Crippen LogP) is 3.57. The van der Waals surface area contributed by atoms with Gasteiger partial charge in [0.15, 0.2) is 0 Å². The maximum Gasteiger partial charge on any atom is 0.251 e. The summed E-state index contributed by atoms with van der Waals surface area (Å²) in [5.41, 5.74) is 11.0. The van der Waals surface area contributed by atoms with Crippen LogP contribution in [0.25, 0.3) is 10.4 Å². The minimum Gasteiger partial charge on any atom is -0.379 e. The van der Waals surface area contributed by atoms with Crippen LogP contribution in [0.15, 0.2) is 84.2 Å². The van der Waals surface area contributed by atoms with Crippen LogP contribution in [0.2, 0.25) is 0 Å². The number of hydrogen-bond donors (Lipinski definition) is 5. The zero-order valence-electron chi connectivity index (χ0n) is 29.3.